The summed E-state index contributed by atoms with van der Waals surface area (Å²) >= 11 is 0. The maximum atomic E-state index is 12.0. The lowest BCUT2D eigenvalue weighted by Crippen LogP contribution is -2.33. The molecule has 116 valence electrons. The molecular weight excluding hydrogens is 298 g/mol. The Bertz CT molecular complexity index is 616. The van der Waals surface area contributed by atoms with Gasteiger partial charge < -0.3 is 4.74 Å². The molecule has 1 aliphatic heterocycles. The first-order chi connectivity index (χ1) is 10.4. The van der Waals surface area contributed by atoms with E-state index in [2.05, 4.69) is 11.3 Å². The van der Waals surface area contributed by atoms with Crippen molar-refractivity contribution in [2.45, 2.75) is 13.2 Å². The summed E-state index contributed by atoms with van der Waals surface area (Å²) in [5.41, 5.74) is 0.497. The average molecular weight is 310 g/mol. The highest BCUT2D eigenvalue weighted by Crippen LogP contribution is 2.19. The molecule has 1 aromatic carbocycles. The van der Waals surface area contributed by atoms with Crippen molar-refractivity contribution in [3.05, 3.63) is 42.5 Å². The third-order valence-corrected chi connectivity index (χ3v) is 2.94. The van der Waals surface area contributed by atoms with Gasteiger partial charge in [-0.05, 0) is 17.7 Å². The molecule has 0 atom stereocenters. The van der Waals surface area contributed by atoms with E-state index >= 15 is 0 Å². The number of amides is 4. The van der Waals surface area contributed by atoms with Gasteiger partial charge in [0.15, 0.2) is 0 Å². The number of hydrogen-bond acceptors (Lipinski definition) is 4. The highest BCUT2D eigenvalue weighted by Gasteiger charge is 2.43. The van der Waals surface area contributed by atoms with Crippen molar-refractivity contribution in [3.63, 3.8) is 0 Å². The van der Waals surface area contributed by atoms with E-state index in [4.69, 9.17) is 0 Å². The number of halogens is 2. The van der Waals surface area contributed by atoms with Crippen LogP contribution in [0.4, 0.5) is 13.6 Å². The van der Waals surface area contributed by atoms with E-state index in [0.717, 1.165) is 9.80 Å². The maximum absolute atomic E-state index is 12.0. The van der Waals surface area contributed by atoms with Crippen molar-refractivity contribution < 1.29 is 27.9 Å². The van der Waals surface area contributed by atoms with E-state index in [9.17, 15) is 23.2 Å². The summed E-state index contributed by atoms with van der Waals surface area (Å²) in [5.74, 6) is -1.88. The second-order valence-electron chi connectivity index (χ2n) is 4.40. The van der Waals surface area contributed by atoms with E-state index in [-0.39, 0.29) is 18.8 Å². The number of carbonyl (C=O) groups excluding carboxylic acids is 3. The van der Waals surface area contributed by atoms with Crippen molar-refractivity contribution in [1.29, 1.82) is 0 Å². The molecule has 0 spiro atoms. The Balaban J connectivity index is 2.10. The number of urea groups is 1. The Morgan fingerprint density at radius 1 is 1.09 bits per heavy atom. The number of rotatable bonds is 6. The van der Waals surface area contributed by atoms with Crippen LogP contribution in [0.15, 0.2) is 36.9 Å². The van der Waals surface area contributed by atoms with Crippen LogP contribution < -0.4 is 4.74 Å². The summed E-state index contributed by atoms with van der Waals surface area (Å²) in [4.78, 5) is 37.0. The van der Waals surface area contributed by atoms with Crippen LogP contribution in [0.25, 0.3) is 0 Å². The van der Waals surface area contributed by atoms with Gasteiger partial charge in [-0.1, -0.05) is 18.2 Å². The van der Waals surface area contributed by atoms with Gasteiger partial charge in [0.1, 0.15) is 5.75 Å². The summed E-state index contributed by atoms with van der Waals surface area (Å²) in [6.07, 6.45) is 1.34. The minimum Gasteiger partial charge on any atom is -0.435 e. The molecule has 1 aliphatic rings. The number of benzene rings is 1. The average Bonchev–Trinajstić information content (AvgIpc) is 2.67. The molecule has 22 heavy (non-hydrogen) atoms. The first-order valence-corrected chi connectivity index (χ1v) is 6.26. The predicted molar refractivity (Wildman–Crippen MR) is 70.9 cm³/mol. The van der Waals surface area contributed by atoms with Gasteiger partial charge in [0.05, 0.1) is 6.54 Å². The van der Waals surface area contributed by atoms with Crippen molar-refractivity contribution in [1.82, 2.24) is 9.80 Å². The first-order valence-electron chi connectivity index (χ1n) is 6.26. The van der Waals surface area contributed by atoms with Gasteiger partial charge in [0, 0.05) is 6.54 Å². The fourth-order valence-corrected chi connectivity index (χ4v) is 1.94. The predicted octanol–water partition coefficient (Wildman–Crippen LogP) is 1.76. The summed E-state index contributed by atoms with van der Waals surface area (Å²) in [5, 5.41) is 0. The number of ether oxygens (including phenoxy) is 1. The Kier molecular flexibility index (Phi) is 4.50. The van der Waals surface area contributed by atoms with Crippen molar-refractivity contribution in [2.75, 3.05) is 6.54 Å². The minimum absolute atomic E-state index is 0.0396. The summed E-state index contributed by atoms with van der Waals surface area (Å²) in [7, 11) is 0. The molecule has 0 saturated carbocycles. The van der Waals surface area contributed by atoms with Crippen LogP contribution in [0, 0.1) is 0 Å². The molecule has 0 radical (unpaired) electrons. The van der Waals surface area contributed by atoms with Crippen molar-refractivity contribution >= 4 is 17.8 Å². The van der Waals surface area contributed by atoms with E-state index in [1.165, 1.54) is 30.3 Å². The number of hydrogen-bond donors (Lipinski definition) is 0. The number of imide groups is 2. The highest BCUT2D eigenvalue weighted by molar-refractivity contribution is 6.44. The van der Waals surface area contributed by atoms with Crippen LogP contribution in [0.1, 0.15) is 5.56 Å². The lowest BCUT2D eigenvalue weighted by molar-refractivity contribution is -0.143. The summed E-state index contributed by atoms with van der Waals surface area (Å²) < 4.78 is 28.3. The second kappa shape index (κ2) is 6.33. The van der Waals surface area contributed by atoms with Gasteiger partial charge in [-0.15, -0.1) is 6.58 Å². The standard InChI is InChI=1S/C14H12F2N2O4/c1-2-7-17-11(19)12(20)18(14(17)21)8-9-3-5-10(6-4-9)22-13(15)16/h2-6,13H,1,7-8H2. The Morgan fingerprint density at radius 2 is 1.68 bits per heavy atom. The fraction of sp³-hybridized carbons (Fsp3) is 0.214. The Hall–Kier alpha value is -2.77. The molecule has 1 heterocycles. The number of nitrogens with zero attached hydrogens (tertiary/aromatic N) is 2. The van der Waals surface area contributed by atoms with Gasteiger partial charge in [-0.2, -0.15) is 8.78 Å². The first kappa shape index (κ1) is 15.6. The Morgan fingerprint density at radius 3 is 2.23 bits per heavy atom. The molecule has 2 rings (SSSR count). The third kappa shape index (κ3) is 3.11. The van der Waals surface area contributed by atoms with E-state index in [1.54, 1.807) is 0 Å². The normalized spacial score (nSPS) is 15.0. The number of carbonyl (C=O) groups is 3. The zero-order valence-electron chi connectivity index (χ0n) is 11.4. The largest absolute Gasteiger partial charge is 0.435 e. The lowest BCUT2D eigenvalue weighted by Gasteiger charge is -2.14. The molecule has 0 bridgehead atoms. The molecule has 1 fully saturated rings. The monoisotopic (exact) mass is 310 g/mol. The number of alkyl halides is 2. The summed E-state index contributed by atoms with van der Waals surface area (Å²) in [6.45, 7) is 0.289. The van der Waals surface area contributed by atoms with Crippen LogP contribution in [0.2, 0.25) is 0 Å². The van der Waals surface area contributed by atoms with E-state index < -0.39 is 24.5 Å². The molecule has 4 amide bonds. The molecule has 1 aromatic rings. The third-order valence-electron chi connectivity index (χ3n) is 2.94. The zero-order chi connectivity index (χ0) is 16.3. The molecule has 8 heteroatoms. The Labute approximate surface area is 124 Å². The molecule has 1 saturated heterocycles. The van der Waals surface area contributed by atoms with Crippen molar-refractivity contribution in [2.24, 2.45) is 0 Å². The quantitative estimate of drug-likeness (QED) is 0.456. The van der Waals surface area contributed by atoms with Crippen LogP contribution in [0.3, 0.4) is 0 Å². The van der Waals surface area contributed by atoms with Gasteiger partial charge in [-0.25, -0.2) is 4.79 Å². The fourth-order valence-electron chi connectivity index (χ4n) is 1.94. The van der Waals surface area contributed by atoms with Crippen LogP contribution in [-0.2, 0) is 16.1 Å². The molecule has 0 N–H and O–H groups in total. The molecule has 0 aliphatic carbocycles. The molecular formula is C14H12F2N2O4. The minimum atomic E-state index is -2.93. The van der Waals surface area contributed by atoms with E-state index in [1.807, 2.05) is 0 Å². The molecule has 0 unspecified atom stereocenters. The van der Waals surface area contributed by atoms with Crippen molar-refractivity contribution in [3.8, 4) is 5.75 Å². The van der Waals surface area contributed by atoms with Gasteiger partial charge in [0.2, 0.25) is 0 Å². The van der Waals surface area contributed by atoms with E-state index in [0.29, 0.717) is 5.56 Å². The molecule has 6 nitrogen and oxygen atoms in total. The highest BCUT2D eigenvalue weighted by atomic mass is 19.3. The second-order valence-corrected chi connectivity index (χ2v) is 4.40. The smallest absolute Gasteiger partial charge is 0.387 e. The van der Waals surface area contributed by atoms with Crippen LogP contribution in [-0.4, -0.2) is 40.8 Å². The SMILES string of the molecule is C=CCN1C(=O)C(=O)N(Cc2ccc(OC(F)F)cc2)C1=O. The van der Waals surface area contributed by atoms with Gasteiger partial charge in [-0.3, -0.25) is 19.4 Å². The van der Waals surface area contributed by atoms with Gasteiger partial charge >= 0.3 is 24.5 Å². The summed E-state index contributed by atoms with van der Waals surface area (Å²) in [6, 6.07) is 4.70. The zero-order valence-corrected chi connectivity index (χ0v) is 11.4. The maximum Gasteiger partial charge on any atom is 0.387 e. The van der Waals surface area contributed by atoms with Gasteiger partial charge in [0.25, 0.3) is 0 Å². The topological polar surface area (TPSA) is 66.9 Å². The van der Waals surface area contributed by atoms with Crippen LogP contribution in [0.5, 0.6) is 5.75 Å². The van der Waals surface area contributed by atoms with Crippen LogP contribution >= 0.6 is 0 Å². The molecule has 0 aromatic heterocycles. The lowest BCUT2D eigenvalue weighted by atomic mass is 10.2.